The minimum atomic E-state index is -0.217. The van der Waals surface area contributed by atoms with Crippen LogP contribution in [0, 0.1) is 0 Å². The van der Waals surface area contributed by atoms with Gasteiger partial charge in [-0.05, 0) is 26.3 Å². The van der Waals surface area contributed by atoms with E-state index in [4.69, 9.17) is 11.6 Å². The van der Waals surface area contributed by atoms with Gasteiger partial charge in [0.05, 0.1) is 10.6 Å². The molecule has 1 rings (SSSR count). The Morgan fingerprint density at radius 1 is 1.56 bits per heavy atom. The zero-order chi connectivity index (χ0) is 12.2. The first-order chi connectivity index (χ1) is 7.46. The lowest BCUT2D eigenvalue weighted by molar-refractivity contribution is 0.0909. The highest BCUT2D eigenvalue weighted by Gasteiger charge is 2.21. The van der Waals surface area contributed by atoms with Gasteiger partial charge in [0.1, 0.15) is 0 Å². The van der Waals surface area contributed by atoms with Crippen LogP contribution in [-0.2, 0) is 0 Å². The van der Waals surface area contributed by atoms with Crippen molar-refractivity contribution in [1.29, 1.82) is 0 Å². The standard InChI is InChI=1S/C12H17ClN2O/c1-4-6-12(2,3)15-11(16)9-8-14-7-5-10(9)13/h5,7-8H,4,6H2,1-3H3,(H,15,16). The molecule has 16 heavy (non-hydrogen) atoms. The molecule has 0 aromatic carbocycles. The number of nitrogens with one attached hydrogen (secondary N) is 1. The van der Waals surface area contributed by atoms with Crippen LogP contribution in [0.3, 0.4) is 0 Å². The first-order valence-corrected chi connectivity index (χ1v) is 5.76. The number of hydrogen-bond acceptors (Lipinski definition) is 2. The predicted molar refractivity (Wildman–Crippen MR) is 65.7 cm³/mol. The lowest BCUT2D eigenvalue weighted by Gasteiger charge is -2.25. The summed E-state index contributed by atoms with van der Waals surface area (Å²) in [6, 6.07) is 1.61. The highest BCUT2D eigenvalue weighted by Crippen LogP contribution is 2.16. The number of nitrogens with zero attached hydrogens (tertiary/aromatic N) is 1. The highest BCUT2D eigenvalue weighted by molar-refractivity contribution is 6.33. The van der Waals surface area contributed by atoms with Gasteiger partial charge in [0.2, 0.25) is 0 Å². The van der Waals surface area contributed by atoms with Crippen LogP contribution in [0.1, 0.15) is 44.0 Å². The van der Waals surface area contributed by atoms with Crippen molar-refractivity contribution in [3.8, 4) is 0 Å². The minimum Gasteiger partial charge on any atom is -0.347 e. The van der Waals surface area contributed by atoms with Gasteiger partial charge in [0.15, 0.2) is 0 Å². The molecule has 88 valence electrons. The Hall–Kier alpha value is -1.09. The van der Waals surface area contributed by atoms with Crippen molar-refractivity contribution in [2.45, 2.75) is 39.2 Å². The van der Waals surface area contributed by atoms with Crippen molar-refractivity contribution < 1.29 is 4.79 Å². The normalized spacial score (nSPS) is 11.2. The molecule has 1 aromatic heterocycles. The minimum absolute atomic E-state index is 0.170. The van der Waals surface area contributed by atoms with Crippen LogP contribution in [0.2, 0.25) is 5.02 Å². The Balaban J connectivity index is 2.77. The molecule has 3 nitrogen and oxygen atoms in total. The Labute approximate surface area is 101 Å². The predicted octanol–water partition coefficient (Wildman–Crippen LogP) is 3.04. The van der Waals surface area contributed by atoms with E-state index in [0.29, 0.717) is 10.6 Å². The lowest BCUT2D eigenvalue weighted by Crippen LogP contribution is -2.43. The highest BCUT2D eigenvalue weighted by atomic mass is 35.5. The third-order valence-electron chi connectivity index (χ3n) is 2.34. The molecule has 1 amide bonds. The van der Waals surface area contributed by atoms with Crippen LogP contribution in [0.4, 0.5) is 0 Å². The van der Waals surface area contributed by atoms with E-state index in [1.54, 1.807) is 12.3 Å². The number of amides is 1. The van der Waals surface area contributed by atoms with E-state index in [0.717, 1.165) is 12.8 Å². The summed E-state index contributed by atoms with van der Waals surface area (Å²) in [5, 5.41) is 3.38. The Bertz CT molecular complexity index is 377. The molecule has 0 aliphatic carbocycles. The van der Waals surface area contributed by atoms with E-state index in [-0.39, 0.29) is 11.4 Å². The quantitative estimate of drug-likeness (QED) is 0.879. The summed E-state index contributed by atoms with van der Waals surface area (Å²) in [5.41, 5.74) is 0.207. The molecule has 4 heteroatoms. The number of carbonyl (C=O) groups is 1. The number of hydrogen-bond donors (Lipinski definition) is 1. The summed E-state index contributed by atoms with van der Waals surface area (Å²) in [4.78, 5) is 15.8. The fourth-order valence-corrected chi connectivity index (χ4v) is 1.80. The largest absolute Gasteiger partial charge is 0.347 e. The molecule has 1 N–H and O–H groups in total. The van der Waals surface area contributed by atoms with Gasteiger partial charge in [-0.15, -0.1) is 0 Å². The van der Waals surface area contributed by atoms with Crippen LogP contribution < -0.4 is 5.32 Å². The fraction of sp³-hybridized carbons (Fsp3) is 0.500. The molecular weight excluding hydrogens is 224 g/mol. The van der Waals surface area contributed by atoms with Crippen molar-refractivity contribution in [3.63, 3.8) is 0 Å². The van der Waals surface area contributed by atoms with Crippen molar-refractivity contribution in [2.24, 2.45) is 0 Å². The molecule has 0 aliphatic heterocycles. The van der Waals surface area contributed by atoms with Gasteiger partial charge in [-0.2, -0.15) is 0 Å². The van der Waals surface area contributed by atoms with Crippen molar-refractivity contribution in [3.05, 3.63) is 29.0 Å². The van der Waals surface area contributed by atoms with Gasteiger partial charge in [-0.1, -0.05) is 24.9 Å². The smallest absolute Gasteiger partial charge is 0.254 e. The van der Waals surface area contributed by atoms with Gasteiger partial charge in [-0.3, -0.25) is 9.78 Å². The van der Waals surface area contributed by atoms with Gasteiger partial charge in [-0.25, -0.2) is 0 Å². The van der Waals surface area contributed by atoms with Crippen molar-refractivity contribution in [1.82, 2.24) is 10.3 Å². The molecule has 0 fully saturated rings. The lowest BCUT2D eigenvalue weighted by atomic mass is 9.98. The van der Waals surface area contributed by atoms with E-state index in [1.165, 1.54) is 6.20 Å². The van der Waals surface area contributed by atoms with Gasteiger partial charge < -0.3 is 5.32 Å². The molecule has 0 spiro atoms. The molecule has 0 atom stereocenters. The van der Waals surface area contributed by atoms with Crippen LogP contribution >= 0.6 is 11.6 Å². The Kier molecular flexibility index (Phi) is 4.30. The second-order valence-electron chi connectivity index (χ2n) is 4.44. The van der Waals surface area contributed by atoms with E-state index in [1.807, 2.05) is 13.8 Å². The number of rotatable bonds is 4. The zero-order valence-corrected chi connectivity index (χ0v) is 10.6. The maximum absolute atomic E-state index is 11.9. The average molecular weight is 241 g/mol. The SMILES string of the molecule is CCCC(C)(C)NC(=O)c1cnccc1Cl. The summed E-state index contributed by atoms with van der Waals surface area (Å²) in [7, 11) is 0. The summed E-state index contributed by atoms with van der Waals surface area (Å²) >= 11 is 5.92. The van der Waals surface area contributed by atoms with Crippen LogP contribution in [-0.4, -0.2) is 16.4 Å². The molecule has 1 heterocycles. The molecular formula is C12H17ClN2O. The molecule has 1 aromatic rings. The summed E-state index contributed by atoms with van der Waals surface area (Å²) < 4.78 is 0. The molecule has 0 aliphatic rings. The van der Waals surface area contributed by atoms with Crippen molar-refractivity contribution >= 4 is 17.5 Å². The summed E-state index contributed by atoms with van der Waals surface area (Å²) in [6.45, 7) is 6.09. The van der Waals surface area contributed by atoms with E-state index >= 15 is 0 Å². The topological polar surface area (TPSA) is 42.0 Å². The van der Waals surface area contributed by atoms with Gasteiger partial charge >= 0.3 is 0 Å². The summed E-state index contributed by atoms with van der Waals surface area (Å²) in [6.07, 6.45) is 5.00. The number of pyridine rings is 1. The van der Waals surface area contributed by atoms with E-state index in [9.17, 15) is 4.79 Å². The molecule has 0 saturated carbocycles. The van der Waals surface area contributed by atoms with E-state index in [2.05, 4.69) is 17.2 Å². The third-order valence-corrected chi connectivity index (χ3v) is 2.67. The first-order valence-electron chi connectivity index (χ1n) is 5.38. The second kappa shape index (κ2) is 5.30. The van der Waals surface area contributed by atoms with Crippen LogP contribution in [0.25, 0.3) is 0 Å². The Morgan fingerprint density at radius 2 is 2.25 bits per heavy atom. The van der Waals surface area contributed by atoms with Crippen LogP contribution in [0.15, 0.2) is 18.5 Å². The second-order valence-corrected chi connectivity index (χ2v) is 4.85. The summed E-state index contributed by atoms with van der Waals surface area (Å²) in [5.74, 6) is -0.170. The third kappa shape index (κ3) is 3.49. The molecule has 0 saturated heterocycles. The maximum Gasteiger partial charge on any atom is 0.254 e. The first kappa shape index (κ1) is 13.0. The van der Waals surface area contributed by atoms with E-state index < -0.39 is 0 Å². The average Bonchev–Trinajstić information content (AvgIpc) is 2.17. The maximum atomic E-state index is 11.9. The van der Waals surface area contributed by atoms with Crippen LogP contribution in [0.5, 0.6) is 0 Å². The molecule has 0 unspecified atom stereocenters. The molecule has 0 bridgehead atoms. The van der Waals surface area contributed by atoms with Crippen molar-refractivity contribution in [2.75, 3.05) is 0 Å². The Morgan fingerprint density at radius 3 is 2.81 bits per heavy atom. The van der Waals surface area contributed by atoms with Gasteiger partial charge in [0.25, 0.3) is 5.91 Å². The molecule has 0 radical (unpaired) electrons. The zero-order valence-electron chi connectivity index (χ0n) is 9.88. The monoisotopic (exact) mass is 240 g/mol. The number of carbonyl (C=O) groups excluding carboxylic acids is 1. The fourth-order valence-electron chi connectivity index (χ4n) is 1.61. The number of aromatic nitrogens is 1. The number of halogens is 1. The van der Waals surface area contributed by atoms with Gasteiger partial charge in [0, 0.05) is 17.9 Å².